The standard InChI is InChI=1S/C36H33N5O4/c1-24(9-4-5-19-39-23-27(18-20-42)37-38-39)36(45)30-15-2-3-16-31(30)40(35(36)44)22-25-10-6-13-28(21-25)41-32-17-8-12-26-11-7-14-29(33(26)32)34(41)43/h2-4,6-17,21,23-24,42,45H,5,18-20,22H2,1H3/b9-4+/t24-,36+/m0/s1. The fourth-order valence-electron chi connectivity index (χ4n) is 6.53. The maximum Gasteiger partial charge on any atom is 0.264 e. The first kappa shape index (κ1) is 28.6. The van der Waals surface area contributed by atoms with Gasteiger partial charge in [-0.1, -0.05) is 78.9 Å². The lowest BCUT2D eigenvalue weighted by Crippen LogP contribution is -2.44. The monoisotopic (exact) mass is 599 g/mol. The number of para-hydroxylation sites is 1. The van der Waals surface area contributed by atoms with Crippen LogP contribution in [0.2, 0.25) is 0 Å². The highest BCUT2D eigenvalue weighted by atomic mass is 16.3. The molecule has 0 radical (unpaired) electrons. The highest BCUT2D eigenvalue weighted by molar-refractivity contribution is 6.27. The highest BCUT2D eigenvalue weighted by Crippen LogP contribution is 2.46. The van der Waals surface area contributed by atoms with Crippen LogP contribution < -0.4 is 9.80 Å². The summed E-state index contributed by atoms with van der Waals surface area (Å²) in [5.74, 6) is -0.957. The number of hydrogen-bond donors (Lipinski definition) is 2. The number of hydrogen-bond acceptors (Lipinski definition) is 6. The molecule has 9 nitrogen and oxygen atoms in total. The summed E-state index contributed by atoms with van der Waals surface area (Å²) in [5, 5.41) is 31.2. The van der Waals surface area contributed by atoms with Gasteiger partial charge in [-0.05, 0) is 47.7 Å². The van der Waals surface area contributed by atoms with E-state index in [0.29, 0.717) is 36.2 Å². The van der Waals surface area contributed by atoms with Gasteiger partial charge in [-0.25, -0.2) is 0 Å². The molecule has 5 aromatic rings. The Morgan fingerprint density at radius 2 is 1.73 bits per heavy atom. The van der Waals surface area contributed by atoms with Crippen LogP contribution in [0, 0.1) is 5.92 Å². The number of allylic oxidation sites excluding steroid dienone is 1. The molecule has 9 heteroatoms. The lowest BCUT2D eigenvalue weighted by atomic mass is 9.83. The molecule has 3 heterocycles. The Balaban J connectivity index is 1.12. The van der Waals surface area contributed by atoms with Crippen molar-refractivity contribution in [3.05, 3.63) is 126 Å². The van der Waals surface area contributed by atoms with E-state index in [1.807, 2.05) is 110 Å². The summed E-state index contributed by atoms with van der Waals surface area (Å²) in [7, 11) is 0. The van der Waals surface area contributed by atoms with Crippen LogP contribution in [0.3, 0.4) is 0 Å². The van der Waals surface area contributed by atoms with E-state index >= 15 is 0 Å². The van der Waals surface area contributed by atoms with Gasteiger partial charge in [0.05, 0.1) is 29.2 Å². The molecule has 2 aliphatic rings. The van der Waals surface area contributed by atoms with Gasteiger partial charge in [-0.15, -0.1) is 5.10 Å². The summed E-state index contributed by atoms with van der Waals surface area (Å²) in [6.45, 7) is 2.70. The van der Waals surface area contributed by atoms with E-state index in [1.54, 1.807) is 14.5 Å². The summed E-state index contributed by atoms with van der Waals surface area (Å²) < 4.78 is 1.72. The van der Waals surface area contributed by atoms with Crippen LogP contribution in [0.4, 0.5) is 17.1 Å². The maximum absolute atomic E-state index is 14.1. The molecule has 2 atom stereocenters. The number of fused-ring (bicyclic) bond motifs is 1. The molecule has 7 rings (SSSR count). The molecule has 226 valence electrons. The number of carbonyl (C=O) groups excluding carboxylic acids is 2. The fraction of sp³-hybridized carbons (Fsp3) is 0.222. The van der Waals surface area contributed by atoms with Gasteiger partial charge in [-0.3, -0.25) is 19.2 Å². The molecule has 0 unspecified atom stereocenters. The molecular weight excluding hydrogens is 566 g/mol. The van der Waals surface area contributed by atoms with Gasteiger partial charge in [0.1, 0.15) is 0 Å². The smallest absolute Gasteiger partial charge is 0.264 e. The number of anilines is 3. The normalized spacial score (nSPS) is 18.0. The van der Waals surface area contributed by atoms with Gasteiger partial charge in [0, 0.05) is 48.3 Å². The number of rotatable bonds is 10. The fourth-order valence-corrected chi connectivity index (χ4v) is 6.53. The quantitative estimate of drug-likeness (QED) is 0.212. The Morgan fingerprint density at radius 3 is 2.58 bits per heavy atom. The molecule has 0 spiro atoms. The first-order chi connectivity index (χ1) is 21.9. The third-order valence-corrected chi connectivity index (χ3v) is 8.81. The van der Waals surface area contributed by atoms with Gasteiger partial charge in [0.25, 0.3) is 11.8 Å². The first-order valence-electron chi connectivity index (χ1n) is 15.2. The van der Waals surface area contributed by atoms with Gasteiger partial charge in [0.15, 0.2) is 5.60 Å². The number of aromatic nitrogens is 3. The van der Waals surface area contributed by atoms with Crippen molar-refractivity contribution >= 4 is 39.6 Å². The van der Waals surface area contributed by atoms with Crippen molar-refractivity contribution < 1.29 is 19.8 Å². The summed E-state index contributed by atoms with van der Waals surface area (Å²) in [6.07, 6.45) is 6.74. The molecule has 2 N–H and O–H groups in total. The number of aliphatic hydroxyl groups is 2. The Hall–Kier alpha value is -5.12. The molecule has 4 aromatic carbocycles. The van der Waals surface area contributed by atoms with Crippen LogP contribution >= 0.6 is 0 Å². The number of nitrogens with zero attached hydrogens (tertiary/aromatic N) is 5. The Morgan fingerprint density at radius 1 is 0.956 bits per heavy atom. The number of aliphatic hydroxyl groups excluding tert-OH is 1. The minimum Gasteiger partial charge on any atom is -0.396 e. The molecular formula is C36H33N5O4. The molecule has 0 saturated heterocycles. The van der Waals surface area contributed by atoms with Crippen molar-refractivity contribution in [2.75, 3.05) is 16.4 Å². The number of amides is 2. The average molecular weight is 600 g/mol. The van der Waals surface area contributed by atoms with E-state index in [4.69, 9.17) is 5.11 Å². The van der Waals surface area contributed by atoms with Crippen molar-refractivity contribution in [1.29, 1.82) is 0 Å². The predicted molar refractivity (Wildman–Crippen MR) is 172 cm³/mol. The SMILES string of the molecule is C[C@@H](/C=C/CCn1cc(CCO)nn1)[C@]1(O)C(=O)N(Cc2cccc(N3C(=O)c4cccc5cccc3c45)c2)c2ccccc21. The third kappa shape index (κ3) is 4.81. The number of benzene rings is 4. The lowest BCUT2D eigenvalue weighted by molar-refractivity contribution is -0.139. The zero-order valence-corrected chi connectivity index (χ0v) is 24.9. The molecule has 0 aliphatic carbocycles. The van der Waals surface area contributed by atoms with E-state index in [9.17, 15) is 14.7 Å². The summed E-state index contributed by atoms with van der Waals surface area (Å²) >= 11 is 0. The zero-order valence-electron chi connectivity index (χ0n) is 24.9. The van der Waals surface area contributed by atoms with E-state index in [2.05, 4.69) is 10.3 Å². The molecule has 1 aromatic heterocycles. The summed E-state index contributed by atoms with van der Waals surface area (Å²) in [6, 6.07) is 26.7. The van der Waals surface area contributed by atoms with Crippen LogP contribution in [0.1, 0.15) is 40.5 Å². The number of aryl methyl sites for hydroxylation is 1. The van der Waals surface area contributed by atoms with Crippen molar-refractivity contribution in [1.82, 2.24) is 15.0 Å². The lowest BCUT2D eigenvalue weighted by Gasteiger charge is -2.28. The van der Waals surface area contributed by atoms with Crippen LogP contribution in [-0.2, 0) is 29.9 Å². The minimum atomic E-state index is -1.73. The second-order valence-electron chi connectivity index (χ2n) is 11.6. The number of carbonyl (C=O) groups is 2. The molecule has 0 saturated carbocycles. The predicted octanol–water partition coefficient (Wildman–Crippen LogP) is 5.28. The van der Waals surface area contributed by atoms with Crippen molar-refractivity contribution in [3.63, 3.8) is 0 Å². The van der Waals surface area contributed by atoms with Gasteiger partial charge in [-0.2, -0.15) is 0 Å². The van der Waals surface area contributed by atoms with Crippen molar-refractivity contribution in [2.24, 2.45) is 5.92 Å². The van der Waals surface area contributed by atoms with E-state index in [0.717, 1.165) is 33.4 Å². The second-order valence-corrected chi connectivity index (χ2v) is 11.6. The van der Waals surface area contributed by atoms with Crippen LogP contribution in [0.25, 0.3) is 10.8 Å². The van der Waals surface area contributed by atoms with E-state index < -0.39 is 11.5 Å². The second kappa shape index (κ2) is 11.4. The third-order valence-electron chi connectivity index (χ3n) is 8.81. The highest BCUT2D eigenvalue weighted by Gasteiger charge is 2.52. The van der Waals surface area contributed by atoms with E-state index in [-0.39, 0.29) is 25.0 Å². The molecule has 0 fully saturated rings. The minimum absolute atomic E-state index is 0.0242. The Labute approximate surface area is 260 Å². The van der Waals surface area contributed by atoms with Crippen LogP contribution in [-0.4, -0.2) is 43.6 Å². The van der Waals surface area contributed by atoms with Crippen LogP contribution in [0.15, 0.2) is 103 Å². The van der Waals surface area contributed by atoms with Crippen molar-refractivity contribution in [2.45, 2.75) is 38.5 Å². The Kier molecular flexibility index (Phi) is 7.27. The van der Waals surface area contributed by atoms with Crippen LogP contribution in [0.5, 0.6) is 0 Å². The largest absolute Gasteiger partial charge is 0.396 e. The van der Waals surface area contributed by atoms with Gasteiger partial charge >= 0.3 is 0 Å². The van der Waals surface area contributed by atoms with Gasteiger partial charge in [0.2, 0.25) is 0 Å². The summed E-state index contributed by atoms with van der Waals surface area (Å²) in [4.78, 5) is 31.0. The zero-order chi connectivity index (χ0) is 31.1. The summed E-state index contributed by atoms with van der Waals surface area (Å²) in [5.41, 5.74) is 3.34. The first-order valence-corrected chi connectivity index (χ1v) is 15.2. The van der Waals surface area contributed by atoms with Gasteiger partial charge < -0.3 is 15.1 Å². The topological polar surface area (TPSA) is 112 Å². The molecule has 0 bridgehead atoms. The molecule has 2 aliphatic heterocycles. The molecule has 45 heavy (non-hydrogen) atoms. The maximum atomic E-state index is 14.1. The Bertz CT molecular complexity index is 1960. The molecule has 2 amide bonds. The van der Waals surface area contributed by atoms with Crippen molar-refractivity contribution in [3.8, 4) is 0 Å². The average Bonchev–Trinajstić information content (AvgIpc) is 3.69. The van der Waals surface area contributed by atoms with E-state index in [1.165, 1.54) is 0 Å².